The van der Waals surface area contributed by atoms with E-state index < -0.39 is 48.3 Å². The van der Waals surface area contributed by atoms with Crippen molar-refractivity contribution in [3.63, 3.8) is 0 Å². The smallest absolute Gasteiger partial charge is 0.271 e. The number of thiazole rings is 1. The van der Waals surface area contributed by atoms with Crippen molar-refractivity contribution in [2.75, 3.05) is 19.8 Å². The third-order valence-corrected chi connectivity index (χ3v) is 6.50. The quantitative estimate of drug-likeness (QED) is 0.154. The van der Waals surface area contributed by atoms with Gasteiger partial charge in [-0.15, -0.1) is 11.3 Å². The number of amides is 3. The number of alkyl halides is 1. The third kappa shape index (κ3) is 7.98. The third-order valence-electron chi connectivity index (χ3n) is 5.73. The zero-order chi connectivity index (χ0) is 26.1. The molecule has 0 radical (unpaired) electrons. The Balaban J connectivity index is 2.07. The molecule has 0 saturated carbocycles. The minimum Gasteiger partial charge on any atom is -0.370 e. The lowest BCUT2D eigenvalue weighted by molar-refractivity contribution is -0.141. The van der Waals surface area contributed by atoms with Crippen molar-refractivity contribution in [3.05, 3.63) is 16.1 Å². The summed E-state index contributed by atoms with van der Waals surface area (Å²) in [6.45, 7) is 4.77. The fraction of sp³-hybridized carbons (Fsp3) is 0.636. The Labute approximate surface area is 207 Å². The summed E-state index contributed by atoms with van der Waals surface area (Å²) >= 11 is 1.33. The van der Waals surface area contributed by atoms with Gasteiger partial charge in [0, 0.05) is 18.5 Å². The number of Topliss-reactive ketones (excluding diaryl/α,β-unsaturated/α-hetero) is 1. The first-order chi connectivity index (χ1) is 16.5. The molecule has 13 heteroatoms. The fourth-order valence-corrected chi connectivity index (χ4v) is 4.48. The maximum Gasteiger partial charge on any atom is 0.271 e. The molecule has 1 aliphatic heterocycles. The Hall–Kier alpha value is -3.09. The van der Waals surface area contributed by atoms with Crippen LogP contribution in [0.2, 0.25) is 0 Å². The maximum absolute atomic E-state index is 13.4. The molecule has 1 aromatic rings. The van der Waals surface area contributed by atoms with Crippen LogP contribution in [0.3, 0.4) is 0 Å². The van der Waals surface area contributed by atoms with Crippen molar-refractivity contribution in [2.45, 2.75) is 64.6 Å². The van der Waals surface area contributed by atoms with Crippen LogP contribution in [0.5, 0.6) is 0 Å². The number of aryl methyl sites for hydroxylation is 1. The normalized spacial score (nSPS) is 17.1. The SMILES string of the molecule is Cc1nc(C(=O)N[C@H](C(=O)N2CCC[C@H]2C(=O)N[C@@H](CCCNC(=N)N)C(=O)CF)C(C)C)cs1. The van der Waals surface area contributed by atoms with Crippen LogP contribution in [0.4, 0.5) is 4.39 Å². The highest BCUT2D eigenvalue weighted by Gasteiger charge is 2.39. The van der Waals surface area contributed by atoms with Crippen molar-refractivity contribution in [3.8, 4) is 0 Å². The van der Waals surface area contributed by atoms with Gasteiger partial charge < -0.3 is 26.6 Å². The lowest BCUT2D eigenvalue weighted by Crippen LogP contribution is -2.56. The zero-order valence-corrected chi connectivity index (χ0v) is 21.0. The van der Waals surface area contributed by atoms with Gasteiger partial charge in [0.15, 0.2) is 11.7 Å². The summed E-state index contributed by atoms with van der Waals surface area (Å²) in [7, 11) is 0. The number of halogens is 1. The first-order valence-electron chi connectivity index (χ1n) is 11.6. The van der Waals surface area contributed by atoms with E-state index in [1.165, 1.54) is 16.2 Å². The second-order valence-corrected chi connectivity index (χ2v) is 9.84. The van der Waals surface area contributed by atoms with E-state index in [9.17, 15) is 23.6 Å². The molecule has 3 amide bonds. The molecule has 3 atom stereocenters. The maximum atomic E-state index is 13.4. The number of carbonyl (C=O) groups is 4. The van der Waals surface area contributed by atoms with E-state index in [0.29, 0.717) is 32.4 Å². The number of hydrogen-bond donors (Lipinski definition) is 5. The Bertz CT molecular complexity index is 939. The molecule has 0 unspecified atom stereocenters. The number of nitrogens with zero attached hydrogens (tertiary/aromatic N) is 2. The number of nitrogens with two attached hydrogens (primary N) is 1. The molecular weight excluding hydrogens is 477 g/mol. The predicted molar refractivity (Wildman–Crippen MR) is 130 cm³/mol. The number of rotatable bonds is 12. The van der Waals surface area contributed by atoms with E-state index in [0.717, 1.165) is 5.01 Å². The Morgan fingerprint density at radius 2 is 2.03 bits per heavy atom. The summed E-state index contributed by atoms with van der Waals surface area (Å²) in [6.07, 6.45) is 1.51. The van der Waals surface area contributed by atoms with E-state index in [2.05, 4.69) is 20.9 Å². The van der Waals surface area contributed by atoms with E-state index in [4.69, 9.17) is 11.1 Å². The molecule has 1 aliphatic rings. The molecule has 6 N–H and O–H groups in total. The lowest BCUT2D eigenvalue weighted by Gasteiger charge is -2.31. The molecule has 35 heavy (non-hydrogen) atoms. The van der Waals surface area contributed by atoms with Crippen LogP contribution in [0, 0.1) is 18.3 Å². The molecule has 2 heterocycles. The predicted octanol–water partition coefficient (Wildman–Crippen LogP) is 0.484. The van der Waals surface area contributed by atoms with Gasteiger partial charge >= 0.3 is 0 Å². The summed E-state index contributed by atoms with van der Waals surface area (Å²) in [4.78, 5) is 56.6. The van der Waals surface area contributed by atoms with Crippen LogP contribution in [0.15, 0.2) is 5.38 Å². The number of ketones is 1. The summed E-state index contributed by atoms with van der Waals surface area (Å²) in [6, 6.07) is -2.74. The van der Waals surface area contributed by atoms with Crippen LogP contribution < -0.4 is 21.7 Å². The van der Waals surface area contributed by atoms with Crippen molar-refractivity contribution >= 4 is 40.8 Å². The standard InChI is InChI=1S/C22H34FN7O4S/c1-12(2)18(29-19(32)15-11-35-13(3)27-15)21(34)30-9-5-7-16(30)20(33)28-14(17(31)10-23)6-4-8-26-22(24)25/h11-12,14,16,18H,4-10H2,1-3H3,(H,28,33)(H,29,32)(H4,24,25,26)/t14-,16-,18-/m0/s1. The van der Waals surface area contributed by atoms with Crippen LogP contribution in [-0.4, -0.2) is 77.2 Å². The number of guanidine groups is 1. The number of likely N-dealkylation sites (tertiary alicyclic amines) is 1. The highest BCUT2D eigenvalue weighted by atomic mass is 32.1. The Morgan fingerprint density at radius 1 is 1.31 bits per heavy atom. The molecule has 0 bridgehead atoms. The summed E-state index contributed by atoms with van der Waals surface area (Å²) in [5.74, 6) is -2.62. The molecule has 0 aliphatic carbocycles. The highest BCUT2D eigenvalue weighted by molar-refractivity contribution is 7.09. The molecule has 2 rings (SSSR count). The van der Waals surface area contributed by atoms with Crippen molar-refractivity contribution < 1.29 is 23.6 Å². The van der Waals surface area contributed by atoms with E-state index in [1.807, 2.05) is 0 Å². The molecular formula is C22H34FN7O4S. The molecule has 11 nitrogen and oxygen atoms in total. The average molecular weight is 512 g/mol. The molecule has 1 fully saturated rings. The first-order valence-corrected chi connectivity index (χ1v) is 12.4. The topological polar surface area (TPSA) is 170 Å². The van der Waals surface area contributed by atoms with Gasteiger partial charge in [0.25, 0.3) is 5.91 Å². The van der Waals surface area contributed by atoms with Crippen LogP contribution in [-0.2, 0) is 14.4 Å². The summed E-state index contributed by atoms with van der Waals surface area (Å²) in [5, 5.41) is 17.4. The Morgan fingerprint density at radius 3 is 2.60 bits per heavy atom. The summed E-state index contributed by atoms with van der Waals surface area (Å²) < 4.78 is 13.1. The largest absolute Gasteiger partial charge is 0.370 e. The summed E-state index contributed by atoms with van der Waals surface area (Å²) in [5.41, 5.74) is 5.45. The van der Waals surface area contributed by atoms with Gasteiger partial charge in [-0.2, -0.15) is 0 Å². The van der Waals surface area contributed by atoms with Crippen LogP contribution >= 0.6 is 11.3 Å². The molecule has 0 spiro atoms. The second kappa shape index (κ2) is 13.1. The van der Waals surface area contributed by atoms with Crippen molar-refractivity contribution in [1.82, 2.24) is 25.8 Å². The number of aromatic nitrogens is 1. The van der Waals surface area contributed by atoms with E-state index >= 15 is 0 Å². The number of nitrogens with one attached hydrogen (secondary N) is 4. The van der Waals surface area contributed by atoms with E-state index in [1.54, 1.807) is 26.2 Å². The van der Waals surface area contributed by atoms with Gasteiger partial charge in [-0.3, -0.25) is 24.6 Å². The molecule has 1 saturated heterocycles. The minimum absolute atomic E-state index is 0.160. The molecule has 1 aromatic heterocycles. The van der Waals surface area contributed by atoms with Gasteiger partial charge in [0.1, 0.15) is 24.5 Å². The van der Waals surface area contributed by atoms with Gasteiger partial charge in [-0.25, -0.2) is 9.37 Å². The van der Waals surface area contributed by atoms with Gasteiger partial charge in [0.2, 0.25) is 11.8 Å². The average Bonchev–Trinajstić information content (AvgIpc) is 3.47. The highest BCUT2D eigenvalue weighted by Crippen LogP contribution is 2.21. The second-order valence-electron chi connectivity index (χ2n) is 8.78. The van der Waals surface area contributed by atoms with E-state index in [-0.39, 0.29) is 24.0 Å². The number of hydrogen-bond acceptors (Lipinski definition) is 7. The van der Waals surface area contributed by atoms with Gasteiger partial charge in [0.05, 0.1) is 11.0 Å². The first kappa shape index (κ1) is 28.1. The number of carbonyl (C=O) groups excluding carboxylic acids is 4. The molecule has 194 valence electrons. The van der Waals surface area contributed by atoms with Crippen molar-refractivity contribution in [2.24, 2.45) is 11.7 Å². The van der Waals surface area contributed by atoms with Gasteiger partial charge in [-0.05, 0) is 38.5 Å². The zero-order valence-electron chi connectivity index (χ0n) is 20.2. The van der Waals surface area contributed by atoms with Crippen LogP contribution in [0.1, 0.15) is 55.0 Å². The van der Waals surface area contributed by atoms with Crippen molar-refractivity contribution in [1.29, 1.82) is 5.41 Å². The lowest BCUT2D eigenvalue weighted by atomic mass is 10.0. The minimum atomic E-state index is -1.23. The molecule has 0 aromatic carbocycles. The fourth-order valence-electron chi connectivity index (χ4n) is 3.88. The van der Waals surface area contributed by atoms with Crippen LogP contribution in [0.25, 0.3) is 0 Å². The van der Waals surface area contributed by atoms with Gasteiger partial charge in [-0.1, -0.05) is 13.8 Å². The Kier molecular flexibility index (Phi) is 10.6. The monoisotopic (exact) mass is 511 g/mol.